The van der Waals surface area contributed by atoms with Crippen molar-refractivity contribution in [3.63, 3.8) is 0 Å². The van der Waals surface area contributed by atoms with Crippen LogP contribution < -0.4 is 16.4 Å². The van der Waals surface area contributed by atoms with Crippen molar-refractivity contribution < 1.29 is 9.59 Å². The highest BCUT2D eigenvalue weighted by atomic mass is 16.2. The number of fused-ring (bicyclic) bond motifs is 1. The van der Waals surface area contributed by atoms with Gasteiger partial charge in [-0.3, -0.25) is 9.59 Å². The van der Waals surface area contributed by atoms with Crippen molar-refractivity contribution in [1.29, 1.82) is 0 Å². The van der Waals surface area contributed by atoms with Gasteiger partial charge in [0, 0.05) is 22.3 Å². The number of nitrogens with one attached hydrogen (secondary N) is 2. The van der Waals surface area contributed by atoms with E-state index in [4.69, 9.17) is 5.73 Å². The molecule has 7 nitrogen and oxygen atoms in total. The molecule has 1 aromatic heterocycles. The number of nitrogens with two attached hydrogens (primary N) is 1. The molecule has 2 amide bonds. The van der Waals surface area contributed by atoms with Crippen molar-refractivity contribution >= 4 is 39.8 Å². The number of primary amides is 1. The summed E-state index contributed by atoms with van der Waals surface area (Å²) < 4.78 is 0. The largest absolute Gasteiger partial charge is 0.364 e. The lowest BCUT2D eigenvalue weighted by Gasteiger charge is -2.14. The standard InChI is InChI=1S/C24H21N5O2/c1-14-12-19-20(13-15(14)2)28-29-22(23(25)30)21(19)26-18-10-8-16(9-11-18)24(31)27-17-6-4-3-5-7-17/h3-13H,1-2H3,(H2,25,30)(H,26,28)(H,27,31). The summed E-state index contributed by atoms with van der Waals surface area (Å²) >= 11 is 0. The van der Waals surface area contributed by atoms with Crippen LogP contribution in [0.25, 0.3) is 10.9 Å². The van der Waals surface area contributed by atoms with Crippen LogP contribution in [0, 0.1) is 13.8 Å². The van der Waals surface area contributed by atoms with Gasteiger partial charge in [-0.1, -0.05) is 18.2 Å². The maximum atomic E-state index is 12.5. The summed E-state index contributed by atoms with van der Waals surface area (Å²) in [5.74, 6) is -0.883. The highest BCUT2D eigenvalue weighted by Gasteiger charge is 2.17. The van der Waals surface area contributed by atoms with Crippen LogP contribution in [0.3, 0.4) is 0 Å². The first kappa shape index (κ1) is 20.0. The van der Waals surface area contributed by atoms with Gasteiger partial charge in [0.25, 0.3) is 11.8 Å². The van der Waals surface area contributed by atoms with E-state index in [-0.39, 0.29) is 11.6 Å². The van der Waals surface area contributed by atoms with Crippen molar-refractivity contribution in [1.82, 2.24) is 10.2 Å². The average molecular weight is 411 g/mol. The smallest absolute Gasteiger partial charge is 0.271 e. The predicted octanol–water partition coefficient (Wildman–Crippen LogP) is 4.34. The maximum absolute atomic E-state index is 12.5. The number of aromatic nitrogens is 2. The molecule has 4 aromatic rings. The highest BCUT2D eigenvalue weighted by Crippen LogP contribution is 2.30. The fourth-order valence-electron chi connectivity index (χ4n) is 3.24. The lowest BCUT2D eigenvalue weighted by molar-refractivity contribution is 0.0993. The van der Waals surface area contributed by atoms with Crippen LogP contribution in [0.4, 0.5) is 17.1 Å². The molecule has 0 aliphatic rings. The quantitative estimate of drug-likeness (QED) is 0.452. The van der Waals surface area contributed by atoms with E-state index in [1.54, 1.807) is 24.3 Å². The van der Waals surface area contributed by atoms with Gasteiger partial charge in [-0.05, 0) is 73.5 Å². The van der Waals surface area contributed by atoms with Gasteiger partial charge in [0.2, 0.25) is 0 Å². The Bertz CT molecular complexity index is 1290. The molecule has 0 aliphatic heterocycles. The third-order valence-corrected chi connectivity index (χ3v) is 5.06. The Kier molecular flexibility index (Phi) is 5.32. The Morgan fingerprint density at radius 1 is 0.839 bits per heavy atom. The minimum atomic E-state index is -0.672. The Hall–Kier alpha value is -4.26. The number of hydrogen-bond donors (Lipinski definition) is 3. The van der Waals surface area contributed by atoms with Crippen molar-refractivity contribution in [2.45, 2.75) is 13.8 Å². The number of nitrogens with zero attached hydrogens (tertiary/aromatic N) is 2. The van der Waals surface area contributed by atoms with E-state index in [1.165, 1.54) is 0 Å². The number of carbonyl (C=O) groups excluding carboxylic acids is 2. The Labute approximate surface area is 179 Å². The minimum Gasteiger partial charge on any atom is -0.364 e. The van der Waals surface area contributed by atoms with Gasteiger partial charge in [0.1, 0.15) is 0 Å². The number of anilines is 3. The zero-order valence-corrected chi connectivity index (χ0v) is 17.1. The number of carbonyl (C=O) groups is 2. The summed E-state index contributed by atoms with van der Waals surface area (Å²) in [5, 5.41) is 15.0. The van der Waals surface area contributed by atoms with Crippen molar-refractivity contribution in [3.8, 4) is 0 Å². The Balaban J connectivity index is 1.64. The SMILES string of the molecule is Cc1cc2nnc(C(N)=O)c(Nc3ccc(C(=O)Nc4ccccc4)cc3)c2cc1C. The molecule has 154 valence electrons. The molecule has 0 spiro atoms. The third-order valence-electron chi connectivity index (χ3n) is 5.06. The van der Waals surface area contributed by atoms with E-state index in [9.17, 15) is 9.59 Å². The summed E-state index contributed by atoms with van der Waals surface area (Å²) in [6.45, 7) is 3.98. The number of hydrogen-bond acceptors (Lipinski definition) is 5. The van der Waals surface area contributed by atoms with Gasteiger partial charge in [-0.15, -0.1) is 10.2 Å². The molecule has 7 heteroatoms. The van der Waals surface area contributed by atoms with E-state index >= 15 is 0 Å². The van der Waals surface area contributed by atoms with Crippen LogP contribution >= 0.6 is 0 Å². The van der Waals surface area contributed by atoms with E-state index in [0.717, 1.165) is 22.2 Å². The number of amides is 2. The van der Waals surface area contributed by atoms with Gasteiger partial charge < -0.3 is 16.4 Å². The predicted molar refractivity (Wildman–Crippen MR) is 122 cm³/mol. The highest BCUT2D eigenvalue weighted by molar-refractivity contribution is 6.07. The van der Waals surface area contributed by atoms with Gasteiger partial charge >= 0.3 is 0 Å². The van der Waals surface area contributed by atoms with Crippen molar-refractivity contribution in [2.24, 2.45) is 5.73 Å². The number of rotatable bonds is 5. The molecule has 3 aromatic carbocycles. The number of benzene rings is 3. The van der Waals surface area contributed by atoms with Gasteiger partial charge in [0.05, 0.1) is 11.2 Å². The number of para-hydroxylation sites is 1. The monoisotopic (exact) mass is 411 g/mol. The second-order valence-corrected chi connectivity index (χ2v) is 7.26. The van der Waals surface area contributed by atoms with E-state index in [1.807, 2.05) is 56.3 Å². The van der Waals surface area contributed by atoms with Gasteiger partial charge in [0.15, 0.2) is 5.69 Å². The minimum absolute atomic E-state index is 0.0571. The molecule has 0 fully saturated rings. The van der Waals surface area contributed by atoms with Crippen LogP contribution in [-0.4, -0.2) is 22.0 Å². The molecule has 31 heavy (non-hydrogen) atoms. The lowest BCUT2D eigenvalue weighted by atomic mass is 10.0. The van der Waals surface area contributed by atoms with Crippen molar-refractivity contribution in [3.05, 3.63) is 89.1 Å². The topological polar surface area (TPSA) is 110 Å². The fourth-order valence-corrected chi connectivity index (χ4v) is 3.24. The Morgan fingerprint density at radius 2 is 1.52 bits per heavy atom. The maximum Gasteiger partial charge on any atom is 0.271 e. The lowest BCUT2D eigenvalue weighted by Crippen LogP contribution is -2.17. The normalized spacial score (nSPS) is 10.6. The van der Waals surface area contributed by atoms with Crippen LogP contribution in [0.2, 0.25) is 0 Å². The molecular weight excluding hydrogens is 390 g/mol. The summed E-state index contributed by atoms with van der Waals surface area (Å²) in [6.07, 6.45) is 0. The van der Waals surface area contributed by atoms with Crippen LogP contribution in [-0.2, 0) is 0 Å². The molecule has 0 atom stereocenters. The zero-order valence-electron chi connectivity index (χ0n) is 17.1. The second-order valence-electron chi connectivity index (χ2n) is 7.26. The molecule has 0 unspecified atom stereocenters. The third kappa shape index (κ3) is 4.20. The van der Waals surface area contributed by atoms with E-state index in [0.29, 0.717) is 22.5 Å². The molecule has 4 N–H and O–H groups in total. The van der Waals surface area contributed by atoms with E-state index < -0.39 is 5.91 Å². The number of aryl methyl sites for hydroxylation is 2. The first-order valence-corrected chi connectivity index (χ1v) is 9.73. The summed E-state index contributed by atoms with van der Waals surface area (Å²) in [5.41, 5.74) is 10.8. The summed E-state index contributed by atoms with van der Waals surface area (Å²) in [4.78, 5) is 24.4. The average Bonchev–Trinajstić information content (AvgIpc) is 2.76. The molecule has 0 radical (unpaired) electrons. The van der Waals surface area contributed by atoms with Crippen molar-refractivity contribution in [2.75, 3.05) is 10.6 Å². The van der Waals surface area contributed by atoms with Crippen LogP contribution in [0.5, 0.6) is 0 Å². The first-order valence-electron chi connectivity index (χ1n) is 9.73. The molecule has 4 rings (SSSR count). The summed E-state index contributed by atoms with van der Waals surface area (Å²) in [7, 11) is 0. The summed E-state index contributed by atoms with van der Waals surface area (Å²) in [6, 6.07) is 20.1. The zero-order chi connectivity index (χ0) is 22.0. The molecule has 0 saturated carbocycles. The molecule has 0 aliphatic carbocycles. The molecule has 0 saturated heterocycles. The second kappa shape index (κ2) is 8.23. The van der Waals surface area contributed by atoms with E-state index in [2.05, 4.69) is 20.8 Å². The Morgan fingerprint density at radius 3 is 2.19 bits per heavy atom. The first-order chi connectivity index (χ1) is 14.9. The van der Waals surface area contributed by atoms with Crippen LogP contribution in [0.1, 0.15) is 32.0 Å². The molecule has 0 bridgehead atoms. The fraction of sp³-hybridized carbons (Fsp3) is 0.0833. The molecule has 1 heterocycles. The van der Waals surface area contributed by atoms with Gasteiger partial charge in [-0.25, -0.2) is 0 Å². The molecular formula is C24H21N5O2. The van der Waals surface area contributed by atoms with Crippen LogP contribution in [0.15, 0.2) is 66.7 Å². The van der Waals surface area contributed by atoms with Gasteiger partial charge in [-0.2, -0.15) is 0 Å².